The van der Waals surface area contributed by atoms with Gasteiger partial charge in [0.05, 0.1) is 18.7 Å². The summed E-state index contributed by atoms with van der Waals surface area (Å²) in [6, 6.07) is 3.88. The summed E-state index contributed by atoms with van der Waals surface area (Å²) in [5.74, 6) is 0.606. The molecule has 0 atom stereocenters. The Kier molecular flexibility index (Phi) is 2.04. The molecule has 5 heteroatoms. The van der Waals surface area contributed by atoms with Gasteiger partial charge in [0.25, 0.3) is 0 Å². The van der Waals surface area contributed by atoms with E-state index in [0.717, 1.165) is 38.6 Å². The van der Waals surface area contributed by atoms with Crippen LogP contribution in [0.2, 0.25) is 0 Å². The number of aryl methyl sites for hydroxylation is 2. The second-order valence-electron chi connectivity index (χ2n) is 4.89. The van der Waals surface area contributed by atoms with E-state index >= 15 is 0 Å². The Hall–Kier alpha value is -2.69. The number of furan rings is 2. The topological polar surface area (TPSA) is 70.1 Å². The Balaban J connectivity index is 2.25. The number of nitrogens with two attached hydrogens (primary N) is 1. The Bertz CT molecular complexity index is 891. The van der Waals surface area contributed by atoms with E-state index in [-0.39, 0.29) is 0 Å². The Labute approximate surface area is 114 Å². The molecule has 4 rings (SSSR count). The average Bonchev–Trinajstić information content (AvgIpc) is 3.14. The highest BCUT2D eigenvalue weighted by Crippen LogP contribution is 2.41. The van der Waals surface area contributed by atoms with Gasteiger partial charge in [-0.15, -0.1) is 0 Å². The predicted molar refractivity (Wildman–Crippen MR) is 77.3 cm³/mol. The van der Waals surface area contributed by atoms with E-state index < -0.39 is 0 Å². The minimum absolute atomic E-state index is 0.606. The lowest BCUT2D eigenvalue weighted by atomic mass is 9.98. The van der Waals surface area contributed by atoms with Crippen LogP contribution in [0, 0.1) is 6.92 Å². The quantitative estimate of drug-likeness (QED) is 0.573. The van der Waals surface area contributed by atoms with E-state index in [1.807, 2.05) is 26.1 Å². The Morgan fingerprint density at radius 2 is 1.80 bits per heavy atom. The number of hydrogen-bond donors (Lipinski definition) is 1. The van der Waals surface area contributed by atoms with Crippen molar-refractivity contribution in [1.82, 2.24) is 9.78 Å². The van der Waals surface area contributed by atoms with Gasteiger partial charge >= 0.3 is 0 Å². The maximum atomic E-state index is 6.12. The highest BCUT2D eigenvalue weighted by Gasteiger charge is 2.20. The number of rotatable bonds is 1. The summed E-state index contributed by atoms with van der Waals surface area (Å²) in [6.45, 7) is 2.03. The summed E-state index contributed by atoms with van der Waals surface area (Å²) in [7, 11) is 1.82. The van der Waals surface area contributed by atoms with Crippen molar-refractivity contribution in [2.45, 2.75) is 6.92 Å². The van der Waals surface area contributed by atoms with Crippen LogP contribution in [0.25, 0.3) is 33.1 Å². The van der Waals surface area contributed by atoms with E-state index in [1.54, 1.807) is 23.4 Å². The number of aromatic nitrogens is 2. The van der Waals surface area contributed by atoms with E-state index in [0.29, 0.717) is 5.82 Å². The van der Waals surface area contributed by atoms with Gasteiger partial charge in [-0.25, -0.2) is 0 Å². The largest absolute Gasteiger partial charge is 0.464 e. The molecule has 0 unspecified atom stereocenters. The van der Waals surface area contributed by atoms with Crippen LogP contribution >= 0.6 is 0 Å². The molecule has 0 saturated carbocycles. The molecule has 0 amide bonds. The van der Waals surface area contributed by atoms with Gasteiger partial charge in [-0.05, 0) is 19.1 Å². The first-order valence-electron chi connectivity index (χ1n) is 6.33. The van der Waals surface area contributed by atoms with E-state index in [2.05, 4.69) is 5.10 Å². The third-order valence-electron chi connectivity index (χ3n) is 3.83. The normalized spacial score (nSPS) is 11.7. The monoisotopic (exact) mass is 267 g/mol. The zero-order chi connectivity index (χ0) is 13.9. The van der Waals surface area contributed by atoms with Crippen molar-refractivity contribution in [3.05, 3.63) is 36.4 Å². The molecule has 3 heterocycles. The van der Waals surface area contributed by atoms with Gasteiger partial charge in [0.1, 0.15) is 17.0 Å². The second kappa shape index (κ2) is 3.66. The van der Waals surface area contributed by atoms with Crippen LogP contribution in [-0.2, 0) is 7.05 Å². The molecule has 0 radical (unpaired) electrons. The molecule has 3 aromatic heterocycles. The number of nitrogens with zero attached hydrogens (tertiary/aromatic N) is 2. The van der Waals surface area contributed by atoms with Crippen molar-refractivity contribution in [2.24, 2.45) is 7.05 Å². The van der Waals surface area contributed by atoms with Gasteiger partial charge in [0.15, 0.2) is 0 Å². The van der Waals surface area contributed by atoms with Crippen LogP contribution in [0.5, 0.6) is 0 Å². The number of anilines is 1. The standard InChI is InChI=1S/C15H13N3O2/c1-8-9-3-5-20-14(9)12(10-4-6-19-13(8)10)11-7-17-18(2)15(11)16/h3-7H,16H2,1-2H3. The molecule has 100 valence electrons. The molecular weight excluding hydrogens is 254 g/mol. The zero-order valence-corrected chi connectivity index (χ0v) is 11.2. The van der Waals surface area contributed by atoms with Gasteiger partial charge in [-0.2, -0.15) is 5.10 Å². The Morgan fingerprint density at radius 3 is 2.50 bits per heavy atom. The van der Waals surface area contributed by atoms with Crippen molar-refractivity contribution in [1.29, 1.82) is 0 Å². The fraction of sp³-hybridized carbons (Fsp3) is 0.133. The minimum atomic E-state index is 0.606. The molecule has 0 saturated heterocycles. The van der Waals surface area contributed by atoms with Crippen molar-refractivity contribution in [2.75, 3.05) is 5.73 Å². The molecule has 0 aliphatic carbocycles. The van der Waals surface area contributed by atoms with Gasteiger partial charge in [0, 0.05) is 34.5 Å². The van der Waals surface area contributed by atoms with Crippen LogP contribution in [0.15, 0.2) is 39.7 Å². The van der Waals surface area contributed by atoms with Crippen LogP contribution in [0.1, 0.15) is 5.56 Å². The summed E-state index contributed by atoms with van der Waals surface area (Å²) >= 11 is 0. The van der Waals surface area contributed by atoms with E-state index in [1.165, 1.54) is 0 Å². The van der Waals surface area contributed by atoms with Gasteiger partial charge in [0.2, 0.25) is 0 Å². The van der Waals surface area contributed by atoms with Crippen LogP contribution in [0.4, 0.5) is 5.82 Å². The fourth-order valence-corrected chi connectivity index (χ4v) is 2.75. The van der Waals surface area contributed by atoms with Crippen molar-refractivity contribution < 1.29 is 8.83 Å². The SMILES string of the molecule is Cc1c2ccoc2c(-c2cnn(C)c2N)c2ccoc12. The van der Waals surface area contributed by atoms with Crippen LogP contribution in [0.3, 0.4) is 0 Å². The maximum Gasteiger partial charge on any atom is 0.143 e. The molecule has 20 heavy (non-hydrogen) atoms. The van der Waals surface area contributed by atoms with Gasteiger partial charge in [-0.3, -0.25) is 4.68 Å². The summed E-state index contributed by atoms with van der Waals surface area (Å²) in [5.41, 5.74) is 10.7. The summed E-state index contributed by atoms with van der Waals surface area (Å²) in [6.07, 6.45) is 5.13. The van der Waals surface area contributed by atoms with Crippen LogP contribution < -0.4 is 5.73 Å². The number of nitrogen functional groups attached to an aromatic ring is 1. The molecular formula is C15H13N3O2. The molecule has 5 nitrogen and oxygen atoms in total. The fourth-order valence-electron chi connectivity index (χ4n) is 2.75. The number of hydrogen-bond acceptors (Lipinski definition) is 4. The first-order valence-corrected chi connectivity index (χ1v) is 6.33. The molecule has 0 bridgehead atoms. The minimum Gasteiger partial charge on any atom is -0.464 e. The lowest BCUT2D eigenvalue weighted by molar-refractivity contribution is 0.611. The molecule has 0 fully saturated rings. The van der Waals surface area contributed by atoms with Crippen molar-refractivity contribution in [3.63, 3.8) is 0 Å². The summed E-state index contributed by atoms with van der Waals surface area (Å²) < 4.78 is 13.0. The van der Waals surface area contributed by atoms with Crippen LogP contribution in [-0.4, -0.2) is 9.78 Å². The first-order chi connectivity index (χ1) is 9.68. The van der Waals surface area contributed by atoms with E-state index in [4.69, 9.17) is 14.6 Å². The highest BCUT2D eigenvalue weighted by molar-refractivity contribution is 6.12. The second-order valence-corrected chi connectivity index (χ2v) is 4.89. The smallest absolute Gasteiger partial charge is 0.143 e. The molecule has 4 aromatic rings. The number of fused-ring (bicyclic) bond motifs is 2. The zero-order valence-electron chi connectivity index (χ0n) is 11.2. The highest BCUT2D eigenvalue weighted by atomic mass is 16.3. The Morgan fingerprint density at radius 1 is 1.10 bits per heavy atom. The van der Waals surface area contributed by atoms with Crippen molar-refractivity contribution in [3.8, 4) is 11.1 Å². The third kappa shape index (κ3) is 1.24. The lowest BCUT2D eigenvalue weighted by Gasteiger charge is -2.06. The number of benzene rings is 1. The lowest BCUT2D eigenvalue weighted by Crippen LogP contribution is -1.98. The first kappa shape index (κ1) is 11.2. The summed E-state index contributed by atoms with van der Waals surface area (Å²) in [4.78, 5) is 0. The predicted octanol–water partition coefficient (Wildman–Crippen LogP) is 3.47. The van der Waals surface area contributed by atoms with Crippen molar-refractivity contribution >= 4 is 27.8 Å². The van der Waals surface area contributed by atoms with Gasteiger partial charge in [-0.1, -0.05) is 0 Å². The molecule has 1 aromatic carbocycles. The van der Waals surface area contributed by atoms with E-state index in [9.17, 15) is 0 Å². The molecule has 0 aliphatic rings. The average molecular weight is 267 g/mol. The third-order valence-corrected chi connectivity index (χ3v) is 3.83. The molecule has 0 spiro atoms. The maximum absolute atomic E-state index is 6.12. The molecule has 2 N–H and O–H groups in total. The van der Waals surface area contributed by atoms with Gasteiger partial charge < -0.3 is 14.6 Å². The molecule has 0 aliphatic heterocycles. The summed E-state index contributed by atoms with van der Waals surface area (Å²) in [5, 5.41) is 6.24.